The molecule has 18 heteroatoms. The molecule has 3 aliphatic rings. The van der Waals surface area contributed by atoms with Gasteiger partial charge in [0.25, 0.3) is 11.8 Å². The van der Waals surface area contributed by atoms with Crippen LogP contribution in [0, 0.1) is 18.6 Å². The number of halogens is 2. The van der Waals surface area contributed by atoms with E-state index in [-0.39, 0.29) is 58.6 Å². The Hall–Kier alpha value is -6.14. The molecule has 3 aliphatic heterocycles. The van der Waals surface area contributed by atoms with E-state index < -0.39 is 41.3 Å². The van der Waals surface area contributed by atoms with Crippen LogP contribution in [0.4, 0.5) is 20.5 Å². The molecule has 316 valence electrons. The number of piperidine rings is 1. The Kier molecular flexibility index (Phi) is 11.9. The van der Waals surface area contributed by atoms with Gasteiger partial charge in [-0.2, -0.15) is 0 Å². The molecule has 2 N–H and O–H groups in total. The molecular formula is C43H44F2N10O5S. The zero-order valence-electron chi connectivity index (χ0n) is 33.9. The number of pyridine rings is 1. The van der Waals surface area contributed by atoms with Crippen LogP contribution < -0.4 is 10.6 Å². The van der Waals surface area contributed by atoms with Gasteiger partial charge in [0, 0.05) is 68.3 Å². The van der Waals surface area contributed by atoms with Crippen LogP contribution in [0.15, 0.2) is 59.8 Å². The molecule has 0 saturated carbocycles. The summed E-state index contributed by atoms with van der Waals surface area (Å²) in [6.45, 7) is 9.03. The molecule has 0 bridgehead atoms. The van der Waals surface area contributed by atoms with Crippen molar-refractivity contribution in [2.24, 2.45) is 0 Å². The quantitative estimate of drug-likeness (QED) is 0.0828. The number of imide groups is 2. The summed E-state index contributed by atoms with van der Waals surface area (Å²) in [5.41, 5.74) is 2.51. The van der Waals surface area contributed by atoms with Gasteiger partial charge in [0.2, 0.25) is 23.7 Å². The highest BCUT2D eigenvalue weighted by Crippen LogP contribution is 2.35. The third-order valence-electron chi connectivity index (χ3n) is 11.1. The van der Waals surface area contributed by atoms with E-state index in [1.165, 1.54) is 17.8 Å². The van der Waals surface area contributed by atoms with E-state index in [0.717, 1.165) is 23.1 Å². The van der Waals surface area contributed by atoms with Crippen LogP contribution in [-0.2, 0) is 20.9 Å². The first kappa shape index (κ1) is 41.6. The molecule has 8 rings (SSSR count). The fourth-order valence-electron chi connectivity index (χ4n) is 8.13. The number of unbranched alkanes of at least 4 members (excludes halogenated alkanes) is 1. The van der Waals surface area contributed by atoms with Crippen LogP contribution in [0.25, 0.3) is 22.3 Å². The molecule has 0 aliphatic carbocycles. The summed E-state index contributed by atoms with van der Waals surface area (Å²) in [4.78, 5) is 86.7. The van der Waals surface area contributed by atoms with Gasteiger partial charge in [-0.3, -0.25) is 39.1 Å². The molecule has 2 aromatic carbocycles. The predicted octanol–water partition coefficient (Wildman–Crippen LogP) is 5.81. The van der Waals surface area contributed by atoms with Gasteiger partial charge in [0.05, 0.1) is 22.8 Å². The van der Waals surface area contributed by atoms with Crippen molar-refractivity contribution >= 4 is 64.1 Å². The van der Waals surface area contributed by atoms with E-state index in [1.54, 1.807) is 43.5 Å². The summed E-state index contributed by atoms with van der Waals surface area (Å²) in [6, 6.07) is 10.7. The van der Waals surface area contributed by atoms with Crippen molar-refractivity contribution in [3.05, 3.63) is 89.0 Å². The molecule has 2 saturated heterocycles. The maximum Gasteiger partial charge on any atom is 0.263 e. The van der Waals surface area contributed by atoms with Crippen LogP contribution in [0.5, 0.6) is 0 Å². The van der Waals surface area contributed by atoms with Crippen molar-refractivity contribution in [2.45, 2.75) is 76.4 Å². The minimum absolute atomic E-state index is 0.0228. The van der Waals surface area contributed by atoms with Crippen molar-refractivity contribution < 1.29 is 32.8 Å². The second kappa shape index (κ2) is 17.5. The van der Waals surface area contributed by atoms with Gasteiger partial charge in [-0.05, 0) is 81.7 Å². The van der Waals surface area contributed by atoms with Crippen LogP contribution >= 0.6 is 11.8 Å². The van der Waals surface area contributed by atoms with Gasteiger partial charge in [-0.25, -0.2) is 28.7 Å². The van der Waals surface area contributed by atoms with Crippen molar-refractivity contribution in [1.82, 2.24) is 44.5 Å². The number of hydrogen-bond acceptors (Lipinski definition) is 12. The number of fused-ring (bicyclic) bond motifs is 2. The summed E-state index contributed by atoms with van der Waals surface area (Å²) >= 11 is 1.44. The van der Waals surface area contributed by atoms with E-state index in [0.29, 0.717) is 73.4 Å². The Bertz CT molecular complexity index is 2560. The summed E-state index contributed by atoms with van der Waals surface area (Å²) in [5.74, 6) is -1.41. The van der Waals surface area contributed by atoms with E-state index >= 15 is 8.78 Å². The molecule has 0 spiro atoms. The molecule has 5 amide bonds. The molecule has 1 unspecified atom stereocenters. The van der Waals surface area contributed by atoms with Crippen LogP contribution in [0.1, 0.15) is 84.1 Å². The Morgan fingerprint density at radius 1 is 0.951 bits per heavy atom. The van der Waals surface area contributed by atoms with Gasteiger partial charge in [-0.1, -0.05) is 12.1 Å². The lowest BCUT2D eigenvalue weighted by Gasteiger charge is -2.34. The van der Waals surface area contributed by atoms with Crippen molar-refractivity contribution in [3.8, 4) is 11.3 Å². The first-order valence-electron chi connectivity index (χ1n) is 20.3. The average Bonchev–Trinajstić information content (AvgIpc) is 3.71. The normalized spacial score (nSPS) is 17.1. The van der Waals surface area contributed by atoms with Crippen molar-refractivity contribution in [1.29, 1.82) is 0 Å². The predicted molar refractivity (Wildman–Crippen MR) is 223 cm³/mol. The Labute approximate surface area is 354 Å². The molecule has 3 aromatic heterocycles. The molecule has 0 radical (unpaired) electrons. The first-order valence-corrected chi connectivity index (χ1v) is 21.2. The summed E-state index contributed by atoms with van der Waals surface area (Å²) in [7, 11) is 0. The third kappa shape index (κ3) is 8.59. The maximum absolute atomic E-state index is 15.1. The monoisotopic (exact) mass is 850 g/mol. The number of carbonyl (C=O) groups is 5. The zero-order valence-corrected chi connectivity index (χ0v) is 34.7. The lowest BCUT2D eigenvalue weighted by atomic mass is 10.0. The number of aromatic nitrogens is 5. The lowest BCUT2D eigenvalue weighted by molar-refractivity contribution is -0.136. The second-order valence-corrected chi connectivity index (χ2v) is 16.7. The third-order valence-corrected chi connectivity index (χ3v) is 12.3. The van der Waals surface area contributed by atoms with E-state index in [9.17, 15) is 24.0 Å². The van der Waals surface area contributed by atoms with Gasteiger partial charge in [-0.15, -0.1) is 11.8 Å². The topological polar surface area (TPSA) is 176 Å². The van der Waals surface area contributed by atoms with Crippen LogP contribution in [0.2, 0.25) is 0 Å². The van der Waals surface area contributed by atoms with Crippen LogP contribution in [0.3, 0.4) is 0 Å². The number of benzene rings is 2. The number of nitrogens with one attached hydrogen (secondary N) is 2. The summed E-state index contributed by atoms with van der Waals surface area (Å²) in [6.07, 6.45) is 4.75. The van der Waals surface area contributed by atoms with E-state index in [1.807, 2.05) is 29.4 Å². The molecule has 2 fully saturated rings. The number of hydrogen-bond donors (Lipinski definition) is 2. The largest absolute Gasteiger partial charge is 0.340 e. The number of nitrogens with zero attached hydrogens (tertiary/aromatic N) is 8. The number of thioether (sulfide) groups is 1. The fraction of sp³-hybridized carbons (Fsp3) is 0.372. The van der Waals surface area contributed by atoms with Gasteiger partial charge in [0.1, 0.15) is 28.9 Å². The Morgan fingerprint density at radius 2 is 1.75 bits per heavy atom. The number of amides is 5. The minimum atomic E-state index is -1.01. The van der Waals surface area contributed by atoms with Crippen molar-refractivity contribution in [2.75, 3.05) is 37.2 Å². The Morgan fingerprint density at radius 3 is 2.49 bits per heavy atom. The molecule has 5 aromatic rings. The highest BCUT2D eigenvalue weighted by Gasteiger charge is 2.45. The standard InChI is InChI=1S/C43H44F2N10O5S/c1-24(2)54-25(3)48-39-29(44)19-27(20-32(39)54)38-30(45)22-47-43(51-38)49-34-12-10-26(21-46-34)23-52-14-16-53(17-15-52)36(57)9-4-5-18-61-33-8-6-7-28-37(33)42(60)55(41(28)59)31-11-13-35(56)50-40(31)58/h6-8,10,12,19-22,24,31H,4-5,9,11,13-18,23H2,1-3H3,(H,50,56,58)(H,46,47,49,51). The zero-order chi connectivity index (χ0) is 42.9. The minimum Gasteiger partial charge on any atom is -0.340 e. The fourth-order valence-corrected chi connectivity index (χ4v) is 9.21. The van der Waals surface area contributed by atoms with Crippen LogP contribution in [-0.4, -0.2) is 107 Å². The van der Waals surface area contributed by atoms with Gasteiger partial charge in [0.15, 0.2) is 11.6 Å². The number of anilines is 2. The van der Waals surface area contributed by atoms with E-state index in [2.05, 4.69) is 35.5 Å². The molecule has 61 heavy (non-hydrogen) atoms. The molecular weight excluding hydrogens is 807 g/mol. The van der Waals surface area contributed by atoms with Gasteiger partial charge >= 0.3 is 0 Å². The number of aryl methyl sites for hydroxylation is 1. The Balaban J connectivity index is 0.783. The second-order valence-electron chi connectivity index (χ2n) is 15.6. The molecule has 6 heterocycles. The number of carbonyl (C=O) groups excluding carboxylic acids is 5. The summed E-state index contributed by atoms with van der Waals surface area (Å²) < 4.78 is 32.0. The number of rotatable bonds is 13. The first-order chi connectivity index (χ1) is 29.4. The average molecular weight is 851 g/mol. The SMILES string of the molecule is Cc1nc2c(F)cc(-c3nc(Nc4ccc(CN5CCN(C(=O)CCCCSc6cccc7c6C(=O)N(C6CCC(=O)NC6=O)C7=O)CC5)cn4)ncc3F)cc2n1C(C)C. The highest BCUT2D eigenvalue weighted by molar-refractivity contribution is 7.99. The number of imidazole rings is 1. The summed E-state index contributed by atoms with van der Waals surface area (Å²) in [5, 5.41) is 5.23. The van der Waals surface area contributed by atoms with Gasteiger partial charge < -0.3 is 14.8 Å². The molecule has 15 nitrogen and oxygen atoms in total. The molecule has 1 atom stereocenters. The van der Waals surface area contributed by atoms with E-state index in [4.69, 9.17) is 0 Å². The maximum atomic E-state index is 15.1. The highest BCUT2D eigenvalue weighted by atomic mass is 32.2. The van der Waals surface area contributed by atoms with Crippen molar-refractivity contribution in [3.63, 3.8) is 0 Å². The smallest absolute Gasteiger partial charge is 0.263 e. The lowest BCUT2D eigenvalue weighted by Crippen LogP contribution is -2.54. The number of piperazine rings is 1.